The van der Waals surface area contributed by atoms with Crippen LogP contribution in [0.4, 0.5) is 0 Å². The molecule has 4 rings (SSSR count). The predicted molar refractivity (Wildman–Crippen MR) is 118 cm³/mol. The predicted octanol–water partition coefficient (Wildman–Crippen LogP) is 3.83. The summed E-state index contributed by atoms with van der Waals surface area (Å²) in [4.78, 5) is 22.2. The second-order valence-corrected chi connectivity index (χ2v) is 9.04. The molecular weight excluding hydrogens is 398 g/mol. The molecule has 2 atom stereocenters. The van der Waals surface area contributed by atoms with Gasteiger partial charge in [-0.25, -0.2) is 4.98 Å². The Balaban J connectivity index is 1.54. The number of piperidine rings is 1. The minimum Gasteiger partial charge on any atom is -0.492 e. The van der Waals surface area contributed by atoms with E-state index in [1.54, 1.807) is 18.4 Å². The number of amides is 1. The number of aromatic nitrogens is 1. The Labute approximate surface area is 182 Å². The monoisotopic (exact) mass is 429 g/mol. The summed E-state index contributed by atoms with van der Waals surface area (Å²) in [5.74, 6) is 0.846. The van der Waals surface area contributed by atoms with E-state index in [0.717, 1.165) is 69.0 Å². The lowest BCUT2D eigenvalue weighted by Crippen LogP contribution is -2.51. The van der Waals surface area contributed by atoms with Crippen molar-refractivity contribution in [3.8, 4) is 5.75 Å². The van der Waals surface area contributed by atoms with Crippen molar-refractivity contribution in [2.75, 3.05) is 33.4 Å². The molecule has 2 aromatic rings. The van der Waals surface area contributed by atoms with Gasteiger partial charge in [0, 0.05) is 37.3 Å². The lowest BCUT2D eigenvalue weighted by molar-refractivity contribution is -0.0156. The molecule has 2 bridgehead atoms. The Morgan fingerprint density at radius 1 is 1.20 bits per heavy atom. The number of rotatable bonds is 3. The summed E-state index contributed by atoms with van der Waals surface area (Å²) in [5.41, 5.74) is 0.700. The first kappa shape index (κ1) is 21.3. The standard InChI is InChI=1S/C23H31N3O3S/c1-28-21-9-5-12-26-20(21)8-2-3-11-25(17-22-24-10-15-30-22)13-14-29-19-7-4-6-18(16-19)23(26)27/h4,6-7,10,15-16,20-21H,2-3,5,8-9,11-14,17H2,1H3/t20-,21-/m0/s1. The Morgan fingerprint density at radius 3 is 2.97 bits per heavy atom. The zero-order valence-electron chi connectivity index (χ0n) is 17.7. The summed E-state index contributed by atoms with van der Waals surface area (Å²) in [6, 6.07) is 7.75. The van der Waals surface area contributed by atoms with Crippen LogP contribution in [-0.2, 0) is 11.3 Å². The first-order valence-electron chi connectivity index (χ1n) is 10.9. The molecule has 162 valence electrons. The molecule has 0 saturated carbocycles. The van der Waals surface area contributed by atoms with Crippen molar-refractivity contribution in [2.45, 2.75) is 50.8 Å². The van der Waals surface area contributed by atoms with Crippen LogP contribution in [0.2, 0.25) is 0 Å². The van der Waals surface area contributed by atoms with Gasteiger partial charge < -0.3 is 14.4 Å². The van der Waals surface area contributed by atoms with Gasteiger partial charge in [-0.1, -0.05) is 12.5 Å². The maximum Gasteiger partial charge on any atom is 0.254 e. The third-order valence-corrected chi connectivity index (χ3v) is 6.87. The molecule has 1 fully saturated rings. The van der Waals surface area contributed by atoms with Crippen molar-refractivity contribution < 1.29 is 14.3 Å². The van der Waals surface area contributed by atoms with Crippen molar-refractivity contribution in [3.63, 3.8) is 0 Å². The summed E-state index contributed by atoms with van der Waals surface area (Å²) in [6.07, 6.45) is 7.12. The third kappa shape index (κ3) is 5.20. The summed E-state index contributed by atoms with van der Waals surface area (Å²) in [7, 11) is 1.77. The molecule has 0 aliphatic carbocycles. The number of hydrogen-bond acceptors (Lipinski definition) is 6. The van der Waals surface area contributed by atoms with Gasteiger partial charge in [0.2, 0.25) is 0 Å². The number of benzene rings is 1. The lowest BCUT2D eigenvalue weighted by Gasteiger charge is -2.41. The Hall–Kier alpha value is -1.96. The van der Waals surface area contributed by atoms with E-state index in [1.807, 2.05) is 40.7 Å². The minimum atomic E-state index is 0.0923. The number of carbonyl (C=O) groups is 1. The van der Waals surface area contributed by atoms with Crippen LogP contribution in [0.5, 0.6) is 5.75 Å². The summed E-state index contributed by atoms with van der Waals surface area (Å²) < 4.78 is 11.8. The first-order chi connectivity index (χ1) is 14.7. The van der Waals surface area contributed by atoms with Crippen LogP contribution >= 0.6 is 11.3 Å². The van der Waals surface area contributed by atoms with Gasteiger partial charge in [-0.3, -0.25) is 9.69 Å². The number of hydrogen-bond donors (Lipinski definition) is 0. The molecule has 0 N–H and O–H groups in total. The molecule has 1 aromatic carbocycles. The van der Waals surface area contributed by atoms with E-state index in [4.69, 9.17) is 9.47 Å². The van der Waals surface area contributed by atoms with Gasteiger partial charge in [0.25, 0.3) is 5.91 Å². The molecule has 1 aromatic heterocycles. The Bertz CT molecular complexity index is 814. The van der Waals surface area contributed by atoms with Crippen molar-refractivity contribution in [2.24, 2.45) is 0 Å². The minimum absolute atomic E-state index is 0.0923. The highest BCUT2D eigenvalue weighted by atomic mass is 32.1. The smallest absolute Gasteiger partial charge is 0.254 e. The van der Waals surface area contributed by atoms with Crippen LogP contribution in [0.3, 0.4) is 0 Å². The molecular formula is C23H31N3O3S. The van der Waals surface area contributed by atoms with Crippen molar-refractivity contribution >= 4 is 17.2 Å². The van der Waals surface area contributed by atoms with Crippen LogP contribution in [0.15, 0.2) is 35.8 Å². The molecule has 7 heteroatoms. The highest BCUT2D eigenvalue weighted by Crippen LogP contribution is 2.27. The second kappa shape index (κ2) is 10.4. The van der Waals surface area contributed by atoms with E-state index in [0.29, 0.717) is 12.2 Å². The van der Waals surface area contributed by atoms with Crippen LogP contribution < -0.4 is 4.74 Å². The zero-order chi connectivity index (χ0) is 20.8. The van der Waals surface area contributed by atoms with Gasteiger partial charge in [0.15, 0.2) is 0 Å². The fourth-order valence-corrected chi connectivity index (χ4v) is 5.21. The van der Waals surface area contributed by atoms with Gasteiger partial charge in [0.1, 0.15) is 17.4 Å². The zero-order valence-corrected chi connectivity index (χ0v) is 18.5. The molecule has 30 heavy (non-hydrogen) atoms. The Kier molecular flexibility index (Phi) is 7.36. The topological polar surface area (TPSA) is 54.9 Å². The van der Waals surface area contributed by atoms with Crippen LogP contribution in [0.25, 0.3) is 0 Å². The second-order valence-electron chi connectivity index (χ2n) is 8.06. The van der Waals surface area contributed by atoms with E-state index >= 15 is 0 Å². The van der Waals surface area contributed by atoms with Crippen molar-refractivity contribution in [3.05, 3.63) is 46.4 Å². The molecule has 0 spiro atoms. The molecule has 3 heterocycles. The highest BCUT2D eigenvalue weighted by molar-refractivity contribution is 7.09. The van der Waals surface area contributed by atoms with Crippen LogP contribution in [0, 0.1) is 0 Å². The number of fused-ring (bicyclic) bond motifs is 3. The van der Waals surface area contributed by atoms with E-state index in [2.05, 4.69) is 9.88 Å². The summed E-state index contributed by atoms with van der Waals surface area (Å²) in [6.45, 7) is 4.09. The maximum absolute atomic E-state index is 13.3. The van der Waals surface area contributed by atoms with Gasteiger partial charge in [0.05, 0.1) is 18.7 Å². The largest absolute Gasteiger partial charge is 0.492 e. The van der Waals surface area contributed by atoms with E-state index in [-0.39, 0.29) is 18.1 Å². The molecule has 0 radical (unpaired) electrons. The number of ether oxygens (including phenoxy) is 2. The lowest BCUT2D eigenvalue weighted by atomic mass is 9.93. The van der Waals surface area contributed by atoms with Gasteiger partial charge in [-0.15, -0.1) is 11.3 Å². The van der Waals surface area contributed by atoms with Crippen LogP contribution in [0.1, 0.15) is 47.5 Å². The number of methoxy groups -OCH3 is 1. The summed E-state index contributed by atoms with van der Waals surface area (Å²) in [5, 5.41) is 3.17. The van der Waals surface area contributed by atoms with Crippen molar-refractivity contribution in [1.29, 1.82) is 0 Å². The quantitative estimate of drug-likeness (QED) is 0.742. The molecule has 1 saturated heterocycles. The average Bonchev–Trinajstić information content (AvgIpc) is 3.28. The highest BCUT2D eigenvalue weighted by Gasteiger charge is 2.34. The van der Waals surface area contributed by atoms with E-state index in [1.165, 1.54) is 0 Å². The maximum atomic E-state index is 13.3. The fraction of sp³-hybridized carbons (Fsp3) is 0.565. The summed E-state index contributed by atoms with van der Waals surface area (Å²) >= 11 is 1.70. The number of carbonyl (C=O) groups excluding carboxylic acids is 1. The third-order valence-electron chi connectivity index (χ3n) is 6.10. The van der Waals surface area contributed by atoms with Gasteiger partial charge in [-0.05, 0) is 50.4 Å². The molecule has 1 amide bonds. The SMILES string of the molecule is CO[C@H]1CCCN2C(=O)c3cccc(c3)OCCN(Cc3nccs3)CCCC[C@@H]12. The molecule has 6 nitrogen and oxygen atoms in total. The van der Waals surface area contributed by atoms with Gasteiger partial charge >= 0.3 is 0 Å². The molecule has 2 aliphatic heterocycles. The van der Waals surface area contributed by atoms with Crippen molar-refractivity contribution in [1.82, 2.24) is 14.8 Å². The van der Waals surface area contributed by atoms with E-state index in [9.17, 15) is 4.79 Å². The number of thiazole rings is 1. The number of nitrogens with zero attached hydrogens (tertiary/aromatic N) is 3. The van der Waals surface area contributed by atoms with E-state index < -0.39 is 0 Å². The average molecular weight is 430 g/mol. The molecule has 2 aliphatic rings. The van der Waals surface area contributed by atoms with Gasteiger partial charge in [-0.2, -0.15) is 0 Å². The van der Waals surface area contributed by atoms with Crippen LogP contribution in [-0.4, -0.2) is 66.2 Å². The first-order valence-corrected chi connectivity index (χ1v) is 11.8. The Morgan fingerprint density at radius 2 is 2.13 bits per heavy atom. The molecule has 0 unspecified atom stereocenters. The normalized spacial score (nSPS) is 24.0. The fourth-order valence-electron chi connectivity index (χ4n) is 4.55.